The molecule has 0 atom stereocenters. The first-order chi connectivity index (χ1) is 9.16. The van der Waals surface area contributed by atoms with Gasteiger partial charge >= 0.3 is 0 Å². The molecule has 0 saturated heterocycles. The zero-order valence-corrected chi connectivity index (χ0v) is 11.8. The third kappa shape index (κ3) is 3.89. The molecule has 0 bridgehead atoms. The highest BCUT2D eigenvalue weighted by Crippen LogP contribution is 2.19. The molecule has 2 heterocycles. The van der Waals surface area contributed by atoms with Crippen LogP contribution in [-0.4, -0.2) is 28.5 Å². The largest absolute Gasteiger partial charge is 0.448 e. The minimum atomic E-state index is 0.381. The highest BCUT2D eigenvalue weighted by molar-refractivity contribution is 5.12. The molecule has 0 unspecified atom stereocenters. The minimum absolute atomic E-state index is 0.381. The van der Waals surface area contributed by atoms with Gasteiger partial charge in [0.05, 0.1) is 5.69 Å². The van der Waals surface area contributed by atoms with Crippen molar-refractivity contribution in [2.75, 3.05) is 13.6 Å². The van der Waals surface area contributed by atoms with E-state index in [1.807, 2.05) is 12.4 Å². The van der Waals surface area contributed by atoms with Crippen molar-refractivity contribution in [1.29, 1.82) is 0 Å². The number of nitrogens with zero attached hydrogens (tertiary/aromatic N) is 3. The molecule has 0 fully saturated rings. The van der Waals surface area contributed by atoms with E-state index >= 15 is 0 Å². The SMILES string of the molecule is CC(C)c1ocnc1CN(C)CCc1ccncc1. The number of hydrogen-bond donors (Lipinski definition) is 0. The summed E-state index contributed by atoms with van der Waals surface area (Å²) in [5.74, 6) is 1.38. The number of rotatable bonds is 6. The molecule has 19 heavy (non-hydrogen) atoms. The standard InChI is InChI=1S/C15H21N3O/c1-12(2)15-14(17-11-19-15)10-18(3)9-6-13-4-7-16-8-5-13/h4-5,7-8,11-12H,6,9-10H2,1-3H3. The number of likely N-dealkylation sites (N-methyl/N-ethyl adjacent to an activating group) is 1. The van der Waals surface area contributed by atoms with Crippen LogP contribution in [0.3, 0.4) is 0 Å². The summed E-state index contributed by atoms with van der Waals surface area (Å²) in [6.07, 6.45) is 6.24. The molecule has 0 aliphatic rings. The van der Waals surface area contributed by atoms with Crippen molar-refractivity contribution in [3.63, 3.8) is 0 Å². The lowest BCUT2D eigenvalue weighted by atomic mass is 10.1. The number of aromatic nitrogens is 2. The lowest BCUT2D eigenvalue weighted by molar-refractivity contribution is 0.323. The van der Waals surface area contributed by atoms with Gasteiger partial charge in [-0.3, -0.25) is 4.98 Å². The van der Waals surface area contributed by atoms with Crippen LogP contribution in [0.4, 0.5) is 0 Å². The molecule has 0 aromatic carbocycles. The van der Waals surface area contributed by atoms with Crippen molar-refractivity contribution < 1.29 is 4.42 Å². The van der Waals surface area contributed by atoms with Gasteiger partial charge in [-0.15, -0.1) is 0 Å². The van der Waals surface area contributed by atoms with E-state index in [2.05, 4.69) is 47.9 Å². The van der Waals surface area contributed by atoms with E-state index in [1.54, 1.807) is 6.39 Å². The van der Waals surface area contributed by atoms with E-state index in [9.17, 15) is 0 Å². The number of oxazole rings is 1. The monoisotopic (exact) mass is 259 g/mol. The van der Waals surface area contributed by atoms with Gasteiger partial charge in [0.25, 0.3) is 0 Å². The first-order valence-electron chi connectivity index (χ1n) is 6.66. The lowest BCUT2D eigenvalue weighted by Gasteiger charge is -2.16. The maximum absolute atomic E-state index is 5.44. The molecule has 0 aliphatic heterocycles. The van der Waals surface area contributed by atoms with Gasteiger partial charge in [0.1, 0.15) is 5.76 Å². The Balaban J connectivity index is 1.87. The van der Waals surface area contributed by atoms with Crippen molar-refractivity contribution in [3.8, 4) is 0 Å². The summed E-state index contributed by atoms with van der Waals surface area (Å²) in [5, 5.41) is 0. The summed E-state index contributed by atoms with van der Waals surface area (Å²) in [6, 6.07) is 4.12. The van der Waals surface area contributed by atoms with Gasteiger partial charge in [-0.25, -0.2) is 4.98 Å². The van der Waals surface area contributed by atoms with E-state index in [0.29, 0.717) is 5.92 Å². The quantitative estimate of drug-likeness (QED) is 0.800. The second kappa shape index (κ2) is 6.48. The molecule has 2 aromatic heterocycles. The fourth-order valence-corrected chi connectivity index (χ4v) is 2.07. The predicted molar refractivity (Wildman–Crippen MR) is 74.9 cm³/mol. The van der Waals surface area contributed by atoms with Crippen LogP contribution in [0.5, 0.6) is 0 Å². The summed E-state index contributed by atoms with van der Waals surface area (Å²) in [7, 11) is 2.11. The Morgan fingerprint density at radius 1 is 1.26 bits per heavy atom. The number of pyridine rings is 1. The van der Waals surface area contributed by atoms with E-state index < -0.39 is 0 Å². The van der Waals surface area contributed by atoms with Gasteiger partial charge in [-0.1, -0.05) is 13.8 Å². The second-order valence-corrected chi connectivity index (χ2v) is 5.16. The van der Waals surface area contributed by atoms with E-state index in [0.717, 1.165) is 31.0 Å². The first-order valence-corrected chi connectivity index (χ1v) is 6.66. The van der Waals surface area contributed by atoms with Gasteiger partial charge < -0.3 is 9.32 Å². The molecular formula is C15H21N3O. The molecular weight excluding hydrogens is 238 g/mol. The molecule has 0 radical (unpaired) electrons. The van der Waals surface area contributed by atoms with Crippen LogP contribution in [0.2, 0.25) is 0 Å². The van der Waals surface area contributed by atoms with E-state index in [-0.39, 0.29) is 0 Å². The Labute approximate surface area is 114 Å². The van der Waals surface area contributed by atoms with E-state index in [4.69, 9.17) is 4.42 Å². The van der Waals surface area contributed by atoms with Crippen LogP contribution in [0.1, 0.15) is 36.8 Å². The highest BCUT2D eigenvalue weighted by atomic mass is 16.3. The Hall–Kier alpha value is -1.68. The van der Waals surface area contributed by atoms with Crippen molar-refractivity contribution in [2.24, 2.45) is 0 Å². The molecule has 0 spiro atoms. The van der Waals surface area contributed by atoms with Crippen LogP contribution >= 0.6 is 0 Å². The van der Waals surface area contributed by atoms with Gasteiger partial charge in [-0.2, -0.15) is 0 Å². The highest BCUT2D eigenvalue weighted by Gasteiger charge is 2.13. The second-order valence-electron chi connectivity index (χ2n) is 5.16. The summed E-state index contributed by atoms with van der Waals surface area (Å²) in [5.41, 5.74) is 2.36. The van der Waals surface area contributed by atoms with Crippen LogP contribution in [-0.2, 0) is 13.0 Å². The van der Waals surface area contributed by atoms with E-state index in [1.165, 1.54) is 5.56 Å². The average Bonchev–Trinajstić information content (AvgIpc) is 2.86. The van der Waals surface area contributed by atoms with Gasteiger partial charge in [-0.05, 0) is 31.2 Å². The minimum Gasteiger partial charge on any atom is -0.448 e. The van der Waals surface area contributed by atoms with Crippen molar-refractivity contribution >= 4 is 0 Å². The van der Waals surface area contributed by atoms with Gasteiger partial charge in [0.2, 0.25) is 0 Å². The van der Waals surface area contributed by atoms with Crippen LogP contribution in [0.15, 0.2) is 35.3 Å². The molecule has 0 N–H and O–H groups in total. The topological polar surface area (TPSA) is 42.2 Å². The molecule has 4 heteroatoms. The Bertz CT molecular complexity index is 493. The van der Waals surface area contributed by atoms with Crippen molar-refractivity contribution in [3.05, 3.63) is 47.9 Å². The molecule has 0 aliphatic carbocycles. The summed E-state index contributed by atoms with van der Waals surface area (Å²) in [6.45, 7) is 6.07. The first kappa shape index (κ1) is 13.7. The smallest absolute Gasteiger partial charge is 0.181 e. The summed E-state index contributed by atoms with van der Waals surface area (Å²) in [4.78, 5) is 10.6. The van der Waals surface area contributed by atoms with Crippen LogP contribution in [0.25, 0.3) is 0 Å². The maximum atomic E-state index is 5.44. The maximum Gasteiger partial charge on any atom is 0.181 e. The summed E-state index contributed by atoms with van der Waals surface area (Å²) < 4.78 is 5.44. The molecule has 0 amide bonds. The van der Waals surface area contributed by atoms with Crippen molar-refractivity contribution in [1.82, 2.24) is 14.9 Å². The normalized spacial score (nSPS) is 11.4. The Morgan fingerprint density at radius 2 is 2.00 bits per heavy atom. The van der Waals surface area contributed by atoms with Crippen LogP contribution in [0, 0.1) is 0 Å². The molecule has 2 rings (SSSR count). The third-order valence-corrected chi connectivity index (χ3v) is 3.15. The summed E-state index contributed by atoms with van der Waals surface area (Å²) >= 11 is 0. The zero-order chi connectivity index (χ0) is 13.7. The predicted octanol–water partition coefficient (Wildman–Crippen LogP) is 2.87. The number of hydrogen-bond acceptors (Lipinski definition) is 4. The molecule has 0 saturated carbocycles. The van der Waals surface area contributed by atoms with Crippen LogP contribution < -0.4 is 0 Å². The average molecular weight is 259 g/mol. The van der Waals surface area contributed by atoms with Gasteiger partial charge in [0, 0.05) is 31.4 Å². The molecule has 102 valence electrons. The fourth-order valence-electron chi connectivity index (χ4n) is 2.07. The zero-order valence-electron chi connectivity index (χ0n) is 11.8. The Morgan fingerprint density at radius 3 is 2.68 bits per heavy atom. The third-order valence-electron chi connectivity index (χ3n) is 3.15. The fraction of sp³-hybridized carbons (Fsp3) is 0.467. The molecule has 4 nitrogen and oxygen atoms in total. The Kier molecular flexibility index (Phi) is 4.68. The lowest BCUT2D eigenvalue weighted by Crippen LogP contribution is -2.21. The molecule has 2 aromatic rings. The van der Waals surface area contributed by atoms with Crippen molar-refractivity contribution in [2.45, 2.75) is 32.7 Å². The van der Waals surface area contributed by atoms with Gasteiger partial charge in [0.15, 0.2) is 6.39 Å².